The van der Waals surface area contributed by atoms with Crippen LogP contribution in [0.5, 0.6) is 0 Å². The molecule has 1 atom stereocenters. The zero-order valence-corrected chi connectivity index (χ0v) is 14.0. The van der Waals surface area contributed by atoms with Crippen molar-refractivity contribution >= 4 is 47.9 Å². The normalized spacial score (nSPS) is 19.3. The molecule has 0 radical (unpaired) electrons. The number of rotatable bonds is 4. The molecule has 1 aromatic carbocycles. The van der Waals surface area contributed by atoms with Gasteiger partial charge in [0, 0.05) is 32.8 Å². The lowest BCUT2D eigenvalue weighted by molar-refractivity contribution is -0.138. The van der Waals surface area contributed by atoms with E-state index < -0.39 is 0 Å². The van der Waals surface area contributed by atoms with E-state index in [-0.39, 0.29) is 12.0 Å². The summed E-state index contributed by atoms with van der Waals surface area (Å²) in [4.78, 5) is 12.0. The summed E-state index contributed by atoms with van der Waals surface area (Å²) in [6.45, 7) is 2.94. The van der Waals surface area contributed by atoms with Crippen LogP contribution in [0.3, 0.4) is 0 Å². The Morgan fingerprint density at radius 1 is 1.53 bits per heavy atom. The molecule has 0 amide bonds. The molecule has 0 aromatic heterocycles. The Hall–Kier alpha value is -0.240. The number of benzene rings is 1. The minimum Gasteiger partial charge on any atom is -0.463 e. The molecule has 2 rings (SSSR count). The molecule has 1 unspecified atom stereocenters. The predicted molar refractivity (Wildman–Crippen MR) is 87.2 cm³/mol. The van der Waals surface area contributed by atoms with Crippen LogP contribution >= 0.6 is 41.9 Å². The van der Waals surface area contributed by atoms with Gasteiger partial charge in [-0.3, -0.25) is 0 Å². The van der Waals surface area contributed by atoms with Crippen LogP contribution in [-0.4, -0.2) is 23.4 Å². The van der Waals surface area contributed by atoms with Gasteiger partial charge in [0.2, 0.25) is 0 Å². The molecule has 0 saturated heterocycles. The van der Waals surface area contributed by atoms with Gasteiger partial charge in [-0.2, -0.15) is 0 Å². The summed E-state index contributed by atoms with van der Waals surface area (Å²) in [5.41, 5.74) is 1.75. The Kier molecular flexibility index (Phi) is 5.56. The second kappa shape index (κ2) is 6.97. The van der Waals surface area contributed by atoms with Gasteiger partial charge in [0.25, 0.3) is 0 Å². The first kappa shape index (κ1) is 15.2. The number of carbonyl (C=O) groups excluding carboxylic acids is 1. The van der Waals surface area contributed by atoms with E-state index in [0.717, 1.165) is 12.1 Å². The number of halogens is 2. The maximum Gasteiger partial charge on any atom is 0.335 e. The Bertz CT molecular complexity index is 492. The van der Waals surface area contributed by atoms with Crippen LogP contribution in [0.25, 0.3) is 0 Å². The molecule has 0 spiro atoms. The molecular weight excluding hydrogens is 397 g/mol. The van der Waals surface area contributed by atoms with E-state index >= 15 is 0 Å². The third-order valence-electron chi connectivity index (χ3n) is 2.86. The third-order valence-corrected chi connectivity index (χ3v) is 5.17. The number of esters is 1. The van der Waals surface area contributed by atoms with Crippen molar-refractivity contribution in [2.75, 3.05) is 13.2 Å². The summed E-state index contributed by atoms with van der Waals surface area (Å²) in [7, 11) is 1.59. The smallest absolute Gasteiger partial charge is 0.335 e. The van der Waals surface area contributed by atoms with Crippen LogP contribution in [-0.2, 0) is 9.53 Å². The molecule has 19 heavy (non-hydrogen) atoms. The second-order valence-electron chi connectivity index (χ2n) is 4.00. The summed E-state index contributed by atoms with van der Waals surface area (Å²) in [5.74, 6) is -0.240. The Morgan fingerprint density at radius 2 is 2.21 bits per heavy atom. The van der Waals surface area contributed by atoms with Crippen LogP contribution in [0.1, 0.15) is 18.5 Å². The quantitative estimate of drug-likeness (QED) is 0.424. The van der Waals surface area contributed by atoms with Gasteiger partial charge in [0.1, 0.15) is 0 Å². The molecule has 102 valence electrons. The fourth-order valence-corrected chi connectivity index (χ4v) is 3.77. The summed E-state index contributed by atoms with van der Waals surface area (Å²) in [6.07, 6.45) is 1.93. The highest BCUT2D eigenvalue weighted by Gasteiger charge is 2.33. The molecule has 1 aliphatic rings. The predicted octanol–water partition coefficient (Wildman–Crippen LogP) is 4.18. The van der Waals surface area contributed by atoms with Crippen molar-refractivity contribution in [3.63, 3.8) is 0 Å². The highest BCUT2D eigenvalue weighted by molar-refractivity contribution is 14.2. The summed E-state index contributed by atoms with van der Waals surface area (Å²) in [6, 6.07) is 7.51. The van der Waals surface area contributed by atoms with Crippen LogP contribution in [0, 0.1) is 0 Å². The van der Waals surface area contributed by atoms with Crippen molar-refractivity contribution in [2.24, 2.45) is 0 Å². The number of carbonyl (C=O) groups is 1. The van der Waals surface area contributed by atoms with Crippen molar-refractivity contribution in [2.45, 2.75) is 13.0 Å². The van der Waals surface area contributed by atoms with Crippen LogP contribution in [0.15, 0.2) is 35.9 Å². The van der Waals surface area contributed by atoms with Gasteiger partial charge >= 0.3 is 5.97 Å². The zero-order chi connectivity index (χ0) is 13.8. The molecule has 0 aliphatic carbocycles. The highest BCUT2D eigenvalue weighted by atomic mass is 127. The molecule has 0 bridgehead atoms. The Balaban J connectivity index is 2.29. The van der Waals surface area contributed by atoms with E-state index in [4.69, 9.17) is 16.3 Å². The maximum absolute atomic E-state index is 12.0. The largest absolute Gasteiger partial charge is 0.463 e. The lowest BCUT2D eigenvalue weighted by Gasteiger charge is -2.23. The Labute approximate surface area is 134 Å². The molecule has 1 aliphatic heterocycles. The van der Waals surface area contributed by atoms with Crippen LogP contribution in [0.2, 0.25) is 5.02 Å². The first-order valence-corrected chi connectivity index (χ1v) is 9.54. The van der Waals surface area contributed by atoms with Gasteiger partial charge in [-0.05, 0) is 33.7 Å². The summed E-state index contributed by atoms with van der Waals surface area (Å²) < 4.78 is 7.26. The standard InChI is InChI=1S/C13H13ClINO2S/c1-2-18-13(17)11-7-8-16(19-15)12(11)9-3-5-10(14)6-4-9/h3-7,12H,2,8H2,1H3. The van der Waals surface area contributed by atoms with Gasteiger partial charge in [-0.15, -0.1) is 0 Å². The van der Waals surface area contributed by atoms with Crippen molar-refractivity contribution < 1.29 is 9.53 Å². The first-order chi connectivity index (χ1) is 9.17. The van der Waals surface area contributed by atoms with E-state index in [0.29, 0.717) is 17.2 Å². The first-order valence-electron chi connectivity index (χ1n) is 5.85. The molecule has 1 heterocycles. The van der Waals surface area contributed by atoms with Crippen molar-refractivity contribution in [3.05, 3.63) is 46.5 Å². The summed E-state index contributed by atoms with van der Waals surface area (Å²) in [5, 5.41) is 0.692. The van der Waals surface area contributed by atoms with Gasteiger partial charge in [-0.25, -0.2) is 9.10 Å². The fourth-order valence-electron chi connectivity index (χ4n) is 2.03. The van der Waals surface area contributed by atoms with E-state index in [1.807, 2.05) is 37.3 Å². The highest BCUT2D eigenvalue weighted by Crippen LogP contribution is 2.40. The average molecular weight is 410 g/mol. The molecule has 6 heteroatoms. The molecule has 3 nitrogen and oxygen atoms in total. The minimum atomic E-state index is -0.240. The number of hydrogen-bond donors (Lipinski definition) is 0. The van der Waals surface area contributed by atoms with Crippen molar-refractivity contribution in [3.8, 4) is 0 Å². The van der Waals surface area contributed by atoms with Gasteiger partial charge in [0.15, 0.2) is 0 Å². The van der Waals surface area contributed by atoms with E-state index in [2.05, 4.69) is 25.5 Å². The minimum absolute atomic E-state index is 0.0711. The Morgan fingerprint density at radius 3 is 2.79 bits per heavy atom. The number of nitrogens with zero attached hydrogens (tertiary/aromatic N) is 1. The SMILES string of the molecule is CCOC(=O)C1=CCN(SI)C1c1ccc(Cl)cc1. The van der Waals surface area contributed by atoms with Crippen LogP contribution < -0.4 is 0 Å². The average Bonchev–Trinajstić information content (AvgIpc) is 2.83. The monoisotopic (exact) mass is 409 g/mol. The molecule has 0 saturated carbocycles. The number of ether oxygens (including phenoxy) is 1. The van der Waals surface area contributed by atoms with E-state index in [1.165, 1.54) is 0 Å². The van der Waals surface area contributed by atoms with Gasteiger partial charge in [0.05, 0.1) is 18.2 Å². The lowest BCUT2D eigenvalue weighted by atomic mass is 10.0. The van der Waals surface area contributed by atoms with Gasteiger partial charge in [-0.1, -0.05) is 29.8 Å². The zero-order valence-electron chi connectivity index (χ0n) is 10.3. The molecule has 0 N–H and O–H groups in total. The summed E-state index contributed by atoms with van der Waals surface area (Å²) >= 11 is 8.13. The van der Waals surface area contributed by atoms with Crippen molar-refractivity contribution in [1.82, 2.24) is 4.31 Å². The molecule has 1 aromatic rings. The van der Waals surface area contributed by atoms with E-state index in [1.54, 1.807) is 9.12 Å². The maximum atomic E-state index is 12.0. The third kappa shape index (κ3) is 3.45. The van der Waals surface area contributed by atoms with Crippen molar-refractivity contribution in [1.29, 1.82) is 0 Å². The lowest BCUT2D eigenvalue weighted by Crippen LogP contribution is -2.21. The van der Waals surface area contributed by atoms with Crippen LogP contribution in [0.4, 0.5) is 0 Å². The van der Waals surface area contributed by atoms with Gasteiger partial charge < -0.3 is 4.74 Å². The second-order valence-corrected chi connectivity index (χ2v) is 6.23. The topological polar surface area (TPSA) is 29.5 Å². The molecule has 0 fully saturated rings. The fraction of sp³-hybridized carbons (Fsp3) is 0.308. The molecular formula is C13H13ClINO2S. The number of hydrogen-bond acceptors (Lipinski definition) is 4. The van der Waals surface area contributed by atoms with E-state index in [9.17, 15) is 4.79 Å².